The molecular weight excluding hydrogens is 248 g/mol. The average molecular weight is 269 g/mol. The van der Waals surface area contributed by atoms with E-state index in [-0.39, 0.29) is 0 Å². The zero-order chi connectivity index (χ0) is 13.0. The number of ether oxygens (including phenoxy) is 1. The van der Waals surface area contributed by atoms with Crippen LogP contribution in [0.25, 0.3) is 0 Å². The van der Waals surface area contributed by atoms with E-state index in [1.54, 1.807) is 0 Å². The highest BCUT2D eigenvalue weighted by Gasteiger charge is 2.20. The third kappa shape index (κ3) is 3.61. The molecule has 0 saturated carbocycles. The Morgan fingerprint density at radius 2 is 2.33 bits per heavy atom. The van der Waals surface area contributed by atoms with Crippen LogP contribution in [0, 0.1) is 0 Å². The Bertz CT molecular complexity index is 395. The Labute approximate surface area is 114 Å². The zero-order valence-electron chi connectivity index (χ0n) is 10.9. The van der Waals surface area contributed by atoms with Gasteiger partial charge >= 0.3 is 0 Å². The van der Waals surface area contributed by atoms with Crippen LogP contribution in [0.1, 0.15) is 25.3 Å². The minimum Gasteiger partial charge on any atom is -0.398 e. The van der Waals surface area contributed by atoms with Crippen LogP contribution in [0.5, 0.6) is 0 Å². The Morgan fingerprint density at radius 3 is 3.11 bits per heavy atom. The number of benzene rings is 1. The number of halogens is 1. The lowest BCUT2D eigenvalue weighted by molar-refractivity contribution is 0.00368. The molecule has 4 heteroatoms. The van der Waals surface area contributed by atoms with Gasteiger partial charge in [0.05, 0.1) is 6.10 Å². The predicted octanol–water partition coefficient (Wildman–Crippen LogP) is 2.92. The molecule has 1 saturated heterocycles. The average Bonchev–Trinajstić information content (AvgIpc) is 2.35. The molecule has 100 valence electrons. The van der Waals surface area contributed by atoms with Crippen molar-refractivity contribution < 1.29 is 4.74 Å². The summed E-state index contributed by atoms with van der Waals surface area (Å²) in [4.78, 5) is 2.39. The number of rotatable bonds is 4. The van der Waals surface area contributed by atoms with E-state index in [1.807, 2.05) is 25.1 Å². The van der Waals surface area contributed by atoms with Crippen molar-refractivity contribution in [1.82, 2.24) is 4.90 Å². The molecule has 1 atom stereocenters. The Hall–Kier alpha value is -0.770. The second-order valence-corrected chi connectivity index (χ2v) is 5.23. The molecule has 1 fully saturated rings. The van der Waals surface area contributed by atoms with Gasteiger partial charge in [-0.3, -0.25) is 4.90 Å². The summed E-state index contributed by atoms with van der Waals surface area (Å²) in [6, 6.07) is 5.67. The second kappa shape index (κ2) is 6.41. The first kappa shape index (κ1) is 13.7. The third-order valence-electron chi connectivity index (χ3n) is 3.36. The standard InChI is InChI=1S/C14H21ClN2O/c1-2-18-13-4-3-7-17(10-13)9-11-8-12(15)5-6-14(11)16/h5-6,8,13H,2-4,7,9-10,16H2,1H3. The van der Waals surface area contributed by atoms with Gasteiger partial charge in [0.1, 0.15) is 0 Å². The van der Waals surface area contributed by atoms with Gasteiger partial charge in [-0.25, -0.2) is 0 Å². The van der Waals surface area contributed by atoms with Crippen LogP contribution >= 0.6 is 11.6 Å². The number of nitrogens with zero attached hydrogens (tertiary/aromatic N) is 1. The van der Waals surface area contributed by atoms with Crippen LogP contribution in [-0.4, -0.2) is 30.7 Å². The van der Waals surface area contributed by atoms with Gasteiger partial charge in [-0.15, -0.1) is 0 Å². The fraction of sp³-hybridized carbons (Fsp3) is 0.571. The minimum absolute atomic E-state index is 0.365. The van der Waals surface area contributed by atoms with Crippen LogP contribution in [0.4, 0.5) is 5.69 Å². The highest BCUT2D eigenvalue weighted by atomic mass is 35.5. The SMILES string of the molecule is CCOC1CCCN(Cc2cc(Cl)ccc2N)C1. The number of hydrogen-bond acceptors (Lipinski definition) is 3. The molecule has 0 spiro atoms. The predicted molar refractivity (Wildman–Crippen MR) is 75.8 cm³/mol. The molecule has 0 aromatic heterocycles. The van der Waals surface area contributed by atoms with Gasteiger partial charge in [-0.05, 0) is 50.1 Å². The largest absolute Gasteiger partial charge is 0.398 e. The quantitative estimate of drug-likeness (QED) is 0.854. The van der Waals surface area contributed by atoms with Gasteiger partial charge in [0.25, 0.3) is 0 Å². The highest BCUT2D eigenvalue weighted by molar-refractivity contribution is 6.30. The molecule has 1 aliphatic rings. The summed E-state index contributed by atoms with van der Waals surface area (Å²) in [6.07, 6.45) is 2.71. The maximum absolute atomic E-state index is 6.01. The molecule has 2 rings (SSSR count). The normalized spacial score (nSPS) is 21.1. The van der Waals surface area contributed by atoms with Crippen LogP contribution in [0.15, 0.2) is 18.2 Å². The second-order valence-electron chi connectivity index (χ2n) is 4.80. The van der Waals surface area contributed by atoms with Crippen molar-refractivity contribution in [3.8, 4) is 0 Å². The topological polar surface area (TPSA) is 38.5 Å². The van der Waals surface area contributed by atoms with Crippen LogP contribution in [0.3, 0.4) is 0 Å². The monoisotopic (exact) mass is 268 g/mol. The van der Waals surface area contributed by atoms with E-state index in [9.17, 15) is 0 Å². The molecule has 1 aromatic rings. The summed E-state index contributed by atoms with van der Waals surface area (Å²) in [6.45, 7) is 5.79. The van der Waals surface area contributed by atoms with E-state index >= 15 is 0 Å². The van der Waals surface area contributed by atoms with Gasteiger partial charge in [-0.1, -0.05) is 11.6 Å². The number of piperidine rings is 1. The van der Waals surface area contributed by atoms with Crippen molar-refractivity contribution >= 4 is 17.3 Å². The number of anilines is 1. The van der Waals surface area contributed by atoms with Crippen LogP contribution in [-0.2, 0) is 11.3 Å². The molecule has 18 heavy (non-hydrogen) atoms. The maximum atomic E-state index is 6.01. The van der Waals surface area contributed by atoms with E-state index < -0.39 is 0 Å². The third-order valence-corrected chi connectivity index (χ3v) is 3.60. The van der Waals surface area contributed by atoms with Gasteiger partial charge in [0.15, 0.2) is 0 Å². The van der Waals surface area contributed by atoms with Crippen molar-refractivity contribution in [2.24, 2.45) is 0 Å². The summed E-state index contributed by atoms with van der Waals surface area (Å²) in [5.41, 5.74) is 7.91. The molecule has 2 N–H and O–H groups in total. The smallest absolute Gasteiger partial charge is 0.0702 e. The van der Waals surface area contributed by atoms with E-state index in [2.05, 4.69) is 4.90 Å². The molecule has 1 aromatic carbocycles. The number of hydrogen-bond donors (Lipinski definition) is 1. The molecule has 3 nitrogen and oxygen atoms in total. The molecule has 0 bridgehead atoms. The molecular formula is C14H21ClN2O. The lowest BCUT2D eigenvalue weighted by atomic mass is 10.1. The van der Waals surface area contributed by atoms with Gasteiger partial charge in [0.2, 0.25) is 0 Å². The zero-order valence-corrected chi connectivity index (χ0v) is 11.6. The van der Waals surface area contributed by atoms with E-state index in [0.717, 1.165) is 48.9 Å². The van der Waals surface area contributed by atoms with Gasteiger partial charge in [0, 0.05) is 30.4 Å². The fourth-order valence-electron chi connectivity index (χ4n) is 2.48. The molecule has 0 radical (unpaired) electrons. The van der Waals surface area contributed by atoms with E-state index in [4.69, 9.17) is 22.1 Å². The van der Waals surface area contributed by atoms with Crippen molar-refractivity contribution in [3.63, 3.8) is 0 Å². The molecule has 0 amide bonds. The molecule has 1 aliphatic heterocycles. The number of likely N-dealkylation sites (tertiary alicyclic amines) is 1. The lowest BCUT2D eigenvalue weighted by Gasteiger charge is -2.32. The molecule has 1 unspecified atom stereocenters. The van der Waals surface area contributed by atoms with Gasteiger partial charge in [-0.2, -0.15) is 0 Å². The summed E-state index contributed by atoms with van der Waals surface area (Å²) < 4.78 is 5.71. The van der Waals surface area contributed by atoms with Gasteiger partial charge < -0.3 is 10.5 Å². The first-order chi connectivity index (χ1) is 8.69. The number of nitrogen functional groups attached to an aromatic ring is 1. The Balaban J connectivity index is 1.98. The van der Waals surface area contributed by atoms with Crippen molar-refractivity contribution in [2.45, 2.75) is 32.4 Å². The summed E-state index contributed by atoms with van der Waals surface area (Å²) >= 11 is 6.01. The van der Waals surface area contributed by atoms with Crippen molar-refractivity contribution in [1.29, 1.82) is 0 Å². The van der Waals surface area contributed by atoms with Crippen LogP contribution in [0.2, 0.25) is 5.02 Å². The van der Waals surface area contributed by atoms with Crippen molar-refractivity contribution in [2.75, 3.05) is 25.4 Å². The summed E-state index contributed by atoms with van der Waals surface area (Å²) in [7, 11) is 0. The molecule has 0 aliphatic carbocycles. The summed E-state index contributed by atoms with van der Waals surface area (Å²) in [5, 5.41) is 0.748. The summed E-state index contributed by atoms with van der Waals surface area (Å²) in [5.74, 6) is 0. The molecule has 1 heterocycles. The highest BCUT2D eigenvalue weighted by Crippen LogP contribution is 2.22. The fourth-order valence-corrected chi connectivity index (χ4v) is 2.68. The first-order valence-electron chi connectivity index (χ1n) is 6.57. The van der Waals surface area contributed by atoms with Crippen molar-refractivity contribution in [3.05, 3.63) is 28.8 Å². The van der Waals surface area contributed by atoms with E-state index in [1.165, 1.54) is 6.42 Å². The lowest BCUT2D eigenvalue weighted by Crippen LogP contribution is -2.39. The first-order valence-corrected chi connectivity index (χ1v) is 6.94. The van der Waals surface area contributed by atoms with E-state index in [0.29, 0.717) is 6.10 Å². The van der Waals surface area contributed by atoms with Crippen LogP contribution < -0.4 is 5.73 Å². The maximum Gasteiger partial charge on any atom is 0.0702 e. The minimum atomic E-state index is 0.365. The number of nitrogens with two attached hydrogens (primary N) is 1. The Morgan fingerprint density at radius 1 is 1.50 bits per heavy atom. The Kier molecular flexibility index (Phi) is 4.87.